The zero-order chi connectivity index (χ0) is 13.1. The first-order chi connectivity index (χ1) is 8.61. The van der Waals surface area contributed by atoms with Gasteiger partial charge in [0.25, 0.3) is 0 Å². The Bertz CT molecular complexity index is 417. The summed E-state index contributed by atoms with van der Waals surface area (Å²) in [7, 11) is 1.74. The molecule has 0 amide bonds. The Morgan fingerprint density at radius 2 is 2.22 bits per heavy atom. The lowest BCUT2D eigenvalue weighted by atomic mass is 9.91. The first-order valence-corrected chi connectivity index (χ1v) is 6.84. The summed E-state index contributed by atoms with van der Waals surface area (Å²) >= 11 is 0. The predicted octanol–water partition coefficient (Wildman–Crippen LogP) is 2.64. The summed E-state index contributed by atoms with van der Waals surface area (Å²) in [5.41, 5.74) is 3.48. The third-order valence-corrected chi connectivity index (χ3v) is 3.95. The normalized spacial score (nSPS) is 24.0. The van der Waals surface area contributed by atoms with E-state index in [9.17, 15) is 0 Å². The second-order valence-corrected chi connectivity index (χ2v) is 5.53. The minimum absolute atomic E-state index is 0.562. The average molecular weight is 248 g/mol. The maximum atomic E-state index is 5.47. The largest absolute Gasteiger partial charge is 0.496 e. The van der Waals surface area contributed by atoms with E-state index in [4.69, 9.17) is 4.74 Å². The van der Waals surface area contributed by atoms with Crippen molar-refractivity contribution in [2.45, 2.75) is 46.1 Å². The molecule has 0 bridgehead atoms. The van der Waals surface area contributed by atoms with Crippen LogP contribution in [0.1, 0.15) is 36.6 Å². The lowest BCUT2D eigenvalue weighted by Crippen LogP contribution is -2.39. The third kappa shape index (κ3) is 2.83. The van der Waals surface area contributed by atoms with Crippen LogP contribution in [-0.2, 0) is 6.42 Å². The zero-order valence-corrected chi connectivity index (χ0v) is 11.9. The molecule has 100 valence electrons. The highest BCUT2D eigenvalue weighted by atomic mass is 16.5. The summed E-state index contributed by atoms with van der Waals surface area (Å²) in [6.07, 6.45) is 5.47. The van der Waals surface area contributed by atoms with Gasteiger partial charge in [-0.15, -0.1) is 0 Å². The molecule has 0 radical (unpaired) electrons. The minimum Gasteiger partial charge on any atom is -0.496 e. The van der Waals surface area contributed by atoms with Gasteiger partial charge in [0.15, 0.2) is 0 Å². The lowest BCUT2D eigenvalue weighted by Gasteiger charge is -2.28. The molecule has 18 heavy (non-hydrogen) atoms. The second kappa shape index (κ2) is 5.70. The molecule has 0 spiro atoms. The Labute approximate surface area is 110 Å². The highest BCUT2D eigenvalue weighted by Crippen LogP contribution is 2.26. The number of hydrogen-bond donors (Lipinski definition) is 1. The third-order valence-electron chi connectivity index (χ3n) is 3.95. The predicted molar refractivity (Wildman–Crippen MR) is 74.2 cm³/mol. The molecule has 1 aromatic rings. The molecule has 0 aliphatic carbocycles. The average Bonchev–Trinajstić information content (AvgIpc) is 2.34. The highest BCUT2D eigenvalue weighted by Gasteiger charge is 2.20. The van der Waals surface area contributed by atoms with Crippen molar-refractivity contribution in [2.75, 3.05) is 13.7 Å². The van der Waals surface area contributed by atoms with Crippen LogP contribution in [0.3, 0.4) is 0 Å². The van der Waals surface area contributed by atoms with Crippen molar-refractivity contribution in [1.29, 1.82) is 0 Å². The van der Waals surface area contributed by atoms with Crippen molar-refractivity contribution in [3.8, 4) is 5.75 Å². The smallest absolute Gasteiger partial charge is 0.128 e. The second-order valence-electron chi connectivity index (χ2n) is 5.53. The minimum atomic E-state index is 0.562. The standard InChI is InChI=1S/C15H24N2O/c1-10-5-6-16-13(7-10)8-14-12(3)15(18-4)11(2)9-17-14/h9-10,13,16H,5-8H2,1-4H3. The molecule has 2 atom stereocenters. The van der Waals surface area contributed by atoms with Gasteiger partial charge in [-0.05, 0) is 39.2 Å². The fraction of sp³-hybridized carbons (Fsp3) is 0.667. The van der Waals surface area contributed by atoms with E-state index in [0.717, 1.165) is 30.2 Å². The molecule has 1 N–H and O–H groups in total. The van der Waals surface area contributed by atoms with Crippen LogP contribution in [0.5, 0.6) is 5.75 Å². The number of pyridine rings is 1. The van der Waals surface area contributed by atoms with Crippen molar-refractivity contribution in [3.63, 3.8) is 0 Å². The number of rotatable bonds is 3. The monoisotopic (exact) mass is 248 g/mol. The number of aryl methyl sites for hydroxylation is 1. The number of nitrogens with zero attached hydrogens (tertiary/aromatic N) is 1. The van der Waals surface area contributed by atoms with E-state index < -0.39 is 0 Å². The van der Waals surface area contributed by atoms with Gasteiger partial charge in [0.1, 0.15) is 5.75 Å². The Balaban J connectivity index is 2.14. The van der Waals surface area contributed by atoms with Crippen molar-refractivity contribution >= 4 is 0 Å². The van der Waals surface area contributed by atoms with Gasteiger partial charge in [-0.3, -0.25) is 4.98 Å². The fourth-order valence-corrected chi connectivity index (χ4v) is 2.89. The maximum Gasteiger partial charge on any atom is 0.128 e. The highest BCUT2D eigenvalue weighted by molar-refractivity contribution is 5.41. The van der Waals surface area contributed by atoms with Crippen LogP contribution in [0.2, 0.25) is 0 Å². The first kappa shape index (κ1) is 13.3. The Morgan fingerprint density at radius 1 is 1.44 bits per heavy atom. The molecule has 1 aliphatic heterocycles. The molecule has 0 aromatic carbocycles. The molecular weight excluding hydrogens is 224 g/mol. The van der Waals surface area contributed by atoms with Crippen LogP contribution in [0.4, 0.5) is 0 Å². The molecule has 1 saturated heterocycles. The summed E-state index contributed by atoms with van der Waals surface area (Å²) in [4.78, 5) is 4.59. The molecule has 1 aromatic heterocycles. The van der Waals surface area contributed by atoms with Crippen molar-refractivity contribution < 1.29 is 4.74 Å². The van der Waals surface area contributed by atoms with Crippen LogP contribution in [0.25, 0.3) is 0 Å². The van der Waals surface area contributed by atoms with E-state index in [1.807, 2.05) is 13.1 Å². The van der Waals surface area contributed by atoms with E-state index in [1.165, 1.54) is 24.1 Å². The van der Waals surface area contributed by atoms with E-state index in [2.05, 4.69) is 24.1 Å². The Kier molecular flexibility index (Phi) is 4.23. The van der Waals surface area contributed by atoms with Gasteiger partial charge >= 0.3 is 0 Å². The first-order valence-electron chi connectivity index (χ1n) is 6.84. The van der Waals surface area contributed by atoms with Crippen LogP contribution < -0.4 is 10.1 Å². The molecule has 3 heteroatoms. The van der Waals surface area contributed by atoms with Crippen LogP contribution in [0, 0.1) is 19.8 Å². The number of nitrogens with one attached hydrogen (secondary N) is 1. The van der Waals surface area contributed by atoms with Gasteiger partial charge in [0.05, 0.1) is 7.11 Å². The zero-order valence-electron chi connectivity index (χ0n) is 11.9. The Hall–Kier alpha value is -1.09. The summed E-state index contributed by atoms with van der Waals surface area (Å²) in [6, 6.07) is 0.562. The number of methoxy groups -OCH3 is 1. The van der Waals surface area contributed by atoms with Crippen molar-refractivity contribution in [2.24, 2.45) is 5.92 Å². The summed E-state index contributed by atoms with van der Waals surface area (Å²) in [6.45, 7) is 7.63. The lowest BCUT2D eigenvalue weighted by molar-refractivity contribution is 0.316. The van der Waals surface area contributed by atoms with Crippen molar-refractivity contribution in [3.05, 3.63) is 23.0 Å². The SMILES string of the molecule is COc1c(C)cnc(CC2CC(C)CCN2)c1C. The summed E-state index contributed by atoms with van der Waals surface area (Å²) in [5, 5.41) is 3.60. The topological polar surface area (TPSA) is 34.1 Å². The summed E-state index contributed by atoms with van der Waals surface area (Å²) in [5.74, 6) is 1.81. The van der Waals surface area contributed by atoms with Gasteiger partial charge in [0.2, 0.25) is 0 Å². The number of ether oxygens (including phenoxy) is 1. The molecule has 1 aliphatic rings. The Morgan fingerprint density at radius 3 is 2.89 bits per heavy atom. The number of aromatic nitrogens is 1. The van der Waals surface area contributed by atoms with E-state index in [0.29, 0.717) is 6.04 Å². The van der Waals surface area contributed by atoms with Gasteiger partial charge in [-0.25, -0.2) is 0 Å². The molecule has 1 fully saturated rings. The molecule has 0 saturated carbocycles. The molecule has 2 rings (SSSR count). The van der Waals surface area contributed by atoms with Gasteiger partial charge < -0.3 is 10.1 Å². The van der Waals surface area contributed by atoms with Gasteiger partial charge in [0, 0.05) is 35.5 Å². The number of hydrogen-bond acceptors (Lipinski definition) is 3. The molecular formula is C15H24N2O. The number of piperidine rings is 1. The molecule has 2 heterocycles. The van der Waals surface area contributed by atoms with Crippen LogP contribution in [0.15, 0.2) is 6.20 Å². The van der Waals surface area contributed by atoms with Crippen LogP contribution >= 0.6 is 0 Å². The molecule has 2 unspecified atom stereocenters. The van der Waals surface area contributed by atoms with Crippen molar-refractivity contribution in [1.82, 2.24) is 10.3 Å². The quantitative estimate of drug-likeness (QED) is 0.893. The maximum absolute atomic E-state index is 5.47. The molecule has 3 nitrogen and oxygen atoms in total. The fourth-order valence-electron chi connectivity index (χ4n) is 2.89. The van der Waals surface area contributed by atoms with E-state index in [-0.39, 0.29) is 0 Å². The van der Waals surface area contributed by atoms with Gasteiger partial charge in [-0.2, -0.15) is 0 Å². The van der Waals surface area contributed by atoms with E-state index in [1.54, 1.807) is 7.11 Å². The van der Waals surface area contributed by atoms with E-state index >= 15 is 0 Å². The summed E-state index contributed by atoms with van der Waals surface area (Å²) < 4.78 is 5.47. The van der Waals surface area contributed by atoms with Gasteiger partial charge in [-0.1, -0.05) is 6.92 Å². The van der Waals surface area contributed by atoms with Crippen LogP contribution in [-0.4, -0.2) is 24.7 Å².